The Balaban J connectivity index is 4.38. The van der Waals surface area contributed by atoms with E-state index in [4.69, 9.17) is 5.11 Å². The van der Waals surface area contributed by atoms with Crippen LogP contribution in [0.25, 0.3) is 0 Å². The van der Waals surface area contributed by atoms with E-state index in [9.17, 15) is 14.4 Å². The third-order valence-electron chi connectivity index (χ3n) is 2.84. The Hall–Kier alpha value is -1.79. The Morgan fingerprint density at radius 1 is 1.25 bits per heavy atom. The van der Waals surface area contributed by atoms with Crippen LogP contribution >= 0.6 is 0 Å². The fourth-order valence-corrected chi connectivity index (χ4v) is 1.68. The van der Waals surface area contributed by atoms with Gasteiger partial charge in [0.1, 0.15) is 5.54 Å². The average molecular weight is 287 g/mol. The number of urea groups is 1. The maximum Gasteiger partial charge on any atom is 0.329 e. The molecule has 0 unspecified atom stereocenters. The van der Waals surface area contributed by atoms with Gasteiger partial charge in [-0.2, -0.15) is 0 Å². The van der Waals surface area contributed by atoms with Gasteiger partial charge in [-0.05, 0) is 34.6 Å². The molecule has 0 aliphatic heterocycles. The molecule has 0 aromatic heterocycles. The van der Waals surface area contributed by atoms with E-state index in [0.717, 1.165) is 0 Å². The Bertz CT molecular complexity index is 367. The fourth-order valence-electron chi connectivity index (χ4n) is 1.68. The zero-order valence-electron chi connectivity index (χ0n) is 12.8. The minimum Gasteiger partial charge on any atom is -0.480 e. The highest BCUT2D eigenvalue weighted by molar-refractivity contribution is 5.85. The SMILES string of the molecule is CCN(C(=O)NCCC(=O)NC(C)C)C(C)(C)C(=O)O. The molecular formula is C13H25N3O4. The third-order valence-corrected chi connectivity index (χ3v) is 2.84. The van der Waals surface area contributed by atoms with Crippen LogP contribution in [0.2, 0.25) is 0 Å². The van der Waals surface area contributed by atoms with Gasteiger partial charge in [0.05, 0.1) is 0 Å². The number of amides is 3. The fraction of sp³-hybridized carbons (Fsp3) is 0.769. The summed E-state index contributed by atoms with van der Waals surface area (Å²) in [5.74, 6) is -1.23. The van der Waals surface area contributed by atoms with Gasteiger partial charge >= 0.3 is 12.0 Å². The third kappa shape index (κ3) is 5.46. The number of hydrogen-bond acceptors (Lipinski definition) is 3. The lowest BCUT2D eigenvalue weighted by Gasteiger charge is -2.34. The molecule has 0 aliphatic rings. The maximum atomic E-state index is 11.9. The molecule has 0 atom stereocenters. The second-order valence-electron chi connectivity index (χ2n) is 5.31. The lowest BCUT2D eigenvalue weighted by molar-refractivity contribution is -0.147. The number of nitrogens with zero attached hydrogens (tertiary/aromatic N) is 1. The second-order valence-corrected chi connectivity index (χ2v) is 5.31. The molecule has 0 aromatic rings. The molecule has 0 rings (SSSR count). The summed E-state index contributed by atoms with van der Waals surface area (Å²) in [5.41, 5.74) is -1.29. The topological polar surface area (TPSA) is 98.7 Å². The summed E-state index contributed by atoms with van der Waals surface area (Å²) >= 11 is 0. The molecule has 20 heavy (non-hydrogen) atoms. The minimum atomic E-state index is -1.29. The number of likely N-dealkylation sites (N-methyl/N-ethyl adjacent to an activating group) is 1. The van der Waals surface area contributed by atoms with E-state index in [1.54, 1.807) is 6.92 Å². The number of carboxylic acid groups (broad SMARTS) is 1. The van der Waals surface area contributed by atoms with E-state index < -0.39 is 17.5 Å². The van der Waals surface area contributed by atoms with Gasteiger partial charge in [-0.1, -0.05) is 0 Å². The first-order valence-corrected chi connectivity index (χ1v) is 6.71. The van der Waals surface area contributed by atoms with Crippen LogP contribution in [-0.4, -0.2) is 52.6 Å². The standard InChI is InChI=1S/C13H25N3O4/c1-6-16(13(4,5)11(18)19)12(20)14-8-7-10(17)15-9(2)3/h9H,6-8H2,1-5H3,(H,14,20)(H,15,17)(H,18,19). The number of carboxylic acids is 1. The molecule has 0 radical (unpaired) electrons. The van der Waals surface area contributed by atoms with E-state index in [0.29, 0.717) is 0 Å². The first-order chi connectivity index (χ1) is 9.12. The number of hydrogen-bond donors (Lipinski definition) is 3. The van der Waals surface area contributed by atoms with Gasteiger partial charge in [0.2, 0.25) is 5.91 Å². The van der Waals surface area contributed by atoms with Crippen molar-refractivity contribution in [2.24, 2.45) is 0 Å². The average Bonchev–Trinajstić information content (AvgIpc) is 2.27. The molecule has 0 aliphatic carbocycles. The highest BCUT2D eigenvalue weighted by Gasteiger charge is 2.36. The van der Waals surface area contributed by atoms with E-state index >= 15 is 0 Å². The van der Waals surface area contributed by atoms with Gasteiger partial charge in [-0.15, -0.1) is 0 Å². The van der Waals surface area contributed by atoms with Crippen LogP contribution in [-0.2, 0) is 9.59 Å². The molecule has 116 valence electrons. The molecule has 0 saturated carbocycles. The molecule has 3 amide bonds. The van der Waals surface area contributed by atoms with Crippen molar-refractivity contribution in [2.75, 3.05) is 13.1 Å². The lowest BCUT2D eigenvalue weighted by Crippen LogP contribution is -2.56. The van der Waals surface area contributed by atoms with Crippen molar-refractivity contribution in [1.29, 1.82) is 0 Å². The molecule has 0 aromatic carbocycles. The van der Waals surface area contributed by atoms with Crippen LogP contribution in [0.3, 0.4) is 0 Å². The number of rotatable bonds is 7. The molecule has 7 heteroatoms. The Labute approximate surface area is 119 Å². The molecule has 7 nitrogen and oxygen atoms in total. The van der Waals surface area contributed by atoms with Gasteiger partial charge in [-0.25, -0.2) is 9.59 Å². The first kappa shape index (κ1) is 18.2. The summed E-state index contributed by atoms with van der Waals surface area (Å²) < 4.78 is 0. The molecule has 0 heterocycles. The maximum absolute atomic E-state index is 11.9. The van der Waals surface area contributed by atoms with Gasteiger partial charge in [-0.3, -0.25) is 4.79 Å². The quantitative estimate of drug-likeness (QED) is 0.645. The largest absolute Gasteiger partial charge is 0.480 e. The Kier molecular flexibility index (Phi) is 7.02. The van der Waals surface area contributed by atoms with E-state index in [2.05, 4.69) is 10.6 Å². The van der Waals surface area contributed by atoms with Crippen molar-refractivity contribution in [3.8, 4) is 0 Å². The van der Waals surface area contributed by atoms with Crippen LogP contribution in [0.5, 0.6) is 0 Å². The summed E-state index contributed by atoms with van der Waals surface area (Å²) in [5, 5.41) is 14.4. The van der Waals surface area contributed by atoms with Crippen LogP contribution in [0, 0.1) is 0 Å². The normalized spacial score (nSPS) is 11.1. The van der Waals surface area contributed by atoms with E-state index in [1.807, 2.05) is 13.8 Å². The summed E-state index contributed by atoms with van der Waals surface area (Å²) in [6, 6.07) is -0.437. The first-order valence-electron chi connectivity index (χ1n) is 6.71. The molecular weight excluding hydrogens is 262 g/mol. The van der Waals surface area contributed by atoms with Crippen molar-refractivity contribution in [1.82, 2.24) is 15.5 Å². The summed E-state index contributed by atoms with van der Waals surface area (Å²) in [4.78, 5) is 35.7. The zero-order chi connectivity index (χ0) is 15.9. The molecule has 0 spiro atoms. The van der Waals surface area contributed by atoms with E-state index in [-0.39, 0.29) is 31.5 Å². The van der Waals surface area contributed by atoms with Crippen molar-refractivity contribution in [3.05, 3.63) is 0 Å². The van der Waals surface area contributed by atoms with Crippen LogP contribution in [0.1, 0.15) is 41.0 Å². The summed E-state index contributed by atoms with van der Waals surface area (Å²) in [6.45, 7) is 8.77. The monoisotopic (exact) mass is 287 g/mol. The van der Waals surface area contributed by atoms with Crippen molar-refractivity contribution in [3.63, 3.8) is 0 Å². The van der Waals surface area contributed by atoms with Crippen molar-refractivity contribution >= 4 is 17.9 Å². The van der Waals surface area contributed by atoms with Crippen molar-refractivity contribution in [2.45, 2.75) is 52.6 Å². The van der Waals surface area contributed by atoms with Gasteiger partial charge in [0.25, 0.3) is 0 Å². The Morgan fingerprint density at radius 3 is 2.20 bits per heavy atom. The van der Waals surface area contributed by atoms with Crippen LogP contribution < -0.4 is 10.6 Å². The molecule has 0 bridgehead atoms. The molecule has 3 N–H and O–H groups in total. The van der Waals surface area contributed by atoms with Gasteiger partial charge in [0, 0.05) is 25.6 Å². The predicted molar refractivity (Wildman–Crippen MR) is 75.4 cm³/mol. The summed E-state index contributed by atoms with van der Waals surface area (Å²) in [6.07, 6.45) is 0.162. The van der Waals surface area contributed by atoms with Gasteiger partial charge in [0.15, 0.2) is 0 Å². The zero-order valence-corrected chi connectivity index (χ0v) is 12.8. The Morgan fingerprint density at radius 2 is 1.80 bits per heavy atom. The number of carbonyl (C=O) groups excluding carboxylic acids is 2. The van der Waals surface area contributed by atoms with Crippen LogP contribution in [0.15, 0.2) is 0 Å². The highest BCUT2D eigenvalue weighted by Crippen LogP contribution is 2.14. The second kappa shape index (κ2) is 7.72. The lowest BCUT2D eigenvalue weighted by atomic mass is 10.0. The van der Waals surface area contributed by atoms with Crippen LogP contribution in [0.4, 0.5) is 4.79 Å². The number of carbonyl (C=O) groups is 3. The number of aliphatic carboxylic acids is 1. The molecule has 0 fully saturated rings. The summed E-state index contributed by atoms with van der Waals surface area (Å²) in [7, 11) is 0. The van der Waals surface area contributed by atoms with Crippen molar-refractivity contribution < 1.29 is 19.5 Å². The van der Waals surface area contributed by atoms with Gasteiger partial charge < -0.3 is 20.6 Å². The minimum absolute atomic E-state index is 0.0521. The highest BCUT2D eigenvalue weighted by atomic mass is 16.4. The molecule has 0 saturated heterocycles. The van der Waals surface area contributed by atoms with E-state index in [1.165, 1.54) is 18.7 Å². The predicted octanol–water partition coefficient (Wildman–Crippen LogP) is 0.796. The number of nitrogens with one attached hydrogen (secondary N) is 2. The smallest absolute Gasteiger partial charge is 0.329 e.